The minimum absolute atomic E-state index is 1.00. The van der Waals surface area contributed by atoms with Crippen LogP contribution < -0.4 is 5.02 Å². The second kappa shape index (κ2) is 4.70. The van der Waals surface area contributed by atoms with Gasteiger partial charge in [0.2, 0.25) is 0 Å². The zero-order chi connectivity index (χ0) is 8.08. The average molecular weight is 139 g/mol. The first-order valence-electron chi connectivity index (χ1n) is 2.46. The summed E-state index contributed by atoms with van der Waals surface area (Å²) >= 11 is 0. The Bertz CT molecular complexity index is 55.3. The standard InChI is InChI=1S/C4H12N.BF2O/c1-5(2,3)4;2-1(3)4/h1-4H3;/q+1;-1. The van der Waals surface area contributed by atoms with Gasteiger partial charge in [-0.25, -0.2) is 0 Å². The van der Waals surface area contributed by atoms with Gasteiger partial charge in [0.05, 0.1) is 28.2 Å². The molecular weight excluding hydrogens is 127 g/mol. The lowest BCUT2D eigenvalue weighted by Crippen LogP contribution is -2.27. The predicted molar refractivity (Wildman–Crippen MR) is 31.9 cm³/mol. The largest absolute Gasteiger partial charge is 0.824 e. The smallest absolute Gasteiger partial charge is 0.447 e. The monoisotopic (exact) mass is 139 g/mol. The molecule has 0 aliphatic rings. The van der Waals surface area contributed by atoms with E-state index in [1.54, 1.807) is 0 Å². The van der Waals surface area contributed by atoms with Gasteiger partial charge in [0.25, 0.3) is 0 Å². The van der Waals surface area contributed by atoms with Gasteiger partial charge in [0.1, 0.15) is 0 Å². The van der Waals surface area contributed by atoms with Gasteiger partial charge in [-0.1, -0.05) is 0 Å². The van der Waals surface area contributed by atoms with Gasteiger partial charge >= 0.3 is 7.47 Å². The van der Waals surface area contributed by atoms with E-state index >= 15 is 0 Å². The molecule has 0 aromatic heterocycles. The SMILES string of the molecule is C[N+](C)(C)C.[O-]B(F)F. The minimum atomic E-state index is -3.42. The highest BCUT2D eigenvalue weighted by Gasteiger charge is 1.88. The molecule has 0 aromatic carbocycles. The Labute approximate surface area is 54.9 Å². The lowest BCUT2D eigenvalue weighted by Gasteiger charge is -2.14. The maximum atomic E-state index is 9.78. The van der Waals surface area contributed by atoms with E-state index in [0.29, 0.717) is 0 Å². The molecule has 0 heterocycles. The molecule has 0 saturated heterocycles. The fraction of sp³-hybridized carbons (Fsp3) is 1.00. The van der Waals surface area contributed by atoms with Crippen LogP contribution in [0.5, 0.6) is 0 Å². The van der Waals surface area contributed by atoms with Crippen LogP contribution in [0.4, 0.5) is 8.63 Å². The summed E-state index contributed by atoms with van der Waals surface area (Å²) in [4.78, 5) is 0. The van der Waals surface area contributed by atoms with Crippen LogP contribution in [0.3, 0.4) is 0 Å². The van der Waals surface area contributed by atoms with E-state index in [-0.39, 0.29) is 0 Å². The number of quaternary nitrogens is 1. The van der Waals surface area contributed by atoms with Crippen molar-refractivity contribution in [3.05, 3.63) is 0 Å². The Morgan fingerprint density at radius 3 is 1.11 bits per heavy atom. The quantitative estimate of drug-likeness (QED) is 0.330. The Hall–Kier alpha value is -0.155. The average Bonchev–Trinajstić information content (AvgIpc) is 1.19. The van der Waals surface area contributed by atoms with Crippen LogP contribution in [0, 0.1) is 0 Å². The number of rotatable bonds is 0. The highest BCUT2D eigenvalue weighted by atomic mass is 19.2. The zero-order valence-corrected chi connectivity index (χ0v) is 6.19. The summed E-state index contributed by atoms with van der Waals surface area (Å²) < 4.78 is 20.6. The third-order valence-electron chi connectivity index (χ3n) is 0. The summed E-state index contributed by atoms with van der Waals surface area (Å²) in [5.74, 6) is 0. The van der Waals surface area contributed by atoms with Gasteiger partial charge in [0.15, 0.2) is 0 Å². The molecule has 5 heteroatoms. The van der Waals surface area contributed by atoms with E-state index in [2.05, 4.69) is 28.2 Å². The van der Waals surface area contributed by atoms with Crippen LogP contribution >= 0.6 is 0 Å². The molecule has 56 valence electrons. The first-order chi connectivity index (χ1) is 3.73. The summed E-state index contributed by atoms with van der Waals surface area (Å²) in [6.45, 7) is 0. The molecule has 0 saturated carbocycles. The van der Waals surface area contributed by atoms with Crippen molar-refractivity contribution in [3.8, 4) is 0 Å². The molecular formula is C4H12BF2NO. The van der Waals surface area contributed by atoms with E-state index < -0.39 is 7.47 Å². The second-order valence-corrected chi connectivity index (χ2v) is 2.94. The van der Waals surface area contributed by atoms with Crippen molar-refractivity contribution in [2.75, 3.05) is 28.2 Å². The zero-order valence-electron chi connectivity index (χ0n) is 6.19. The molecule has 0 unspecified atom stereocenters. The lowest BCUT2D eigenvalue weighted by atomic mass is 10.4. The molecule has 9 heavy (non-hydrogen) atoms. The Balaban J connectivity index is 0. The second-order valence-electron chi connectivity index (χ2n) is 2.94. The summed E-state index contributed by atoms with van der Waals surface area (Å²) in [5, 5.41) is 8.19. The van der Waals surface area contributed by atoms with E-state index in [9.17, 15) is 8.63 Å². The molecule has 0 rings (SSSR count). The van der Waals surface area contributed by atoms with Crippen molar-refractivity contribution >= 4 is 7.47 Å². The van der Waals surface area contributed by atoms with E-state index in [1.807, 2.05) is 0 Å². The fourth-order valence-corrected chi connectivity index (χ4v) is 0. The van der Waals surface area contributed by atoms with Gasteiger partial charge < -0.3 is 18.1 Å². The molecule has 0 aromatic rings. The van der Waals surface area contributed by atoms with Gasteiger partial charge in [-0.15, -0.1) is 0 Å². The Morgan fingerprint density at radius 2 is 1.11 bits per heavy atom. The molecule has 0 amide bonds. The van der Waals surface area contributed by atoms with Crippen LogP contribution in [0.25, 0.3) is 0 Å². The molecule has 0 aliphatic carbocycles. The van der Waals surface area contributed by atoms with Gasteiger partial charge in [-0.05, 0) is 0 Å². The molecule has 0 fully saturated rings. The van der Waals surface area contributed by atoms with E-state index in [1.165, 1.54) is 0 Å². The molecule has 0 atom stereocenters. The Kier molecular flexibility index (Phi) is 6.07. The van der Waals surface area contributed by atoms with E-state index in [4.69, 9.17) is 5.02 Å². The first-order valence-corrected chi connectivity index (χ1v) is 2.46. The molecule has 0 bridgehead atoms. The van der Waals surface area contributed by atoms with Crippen LogP contribution in [0.15, 0.2) is 0 Å². The van der Waals surface area contributed by atoms with Crippen LogP contribution in [0.2, 0.25) is 0 Å². The third kappa shape index (κ3) is 11100. The van der Waals surface area contributed by atoms with Gasteiger partial charge in [-0.2, -0.15) is 0 Å². The fourth-order valence-electron chi connectivity index (χ4n) is 0. The molecule has 0 radical (unpaired) electrons. The van der Waals surface area contributed by atoms with Crippen molar-refractivity contribution in [2.45, 2.75) is 0 Å². The minimum Gasteiger partial charge on any atom is -0.824 e. The molecule has 0 N–H and O–H groups in total. The molecule has 2 nitrogen and oxygen atoms in total. The maximum Gasteiger partial charge on any atom is 0.447 e. The van der Waals surface area contributed by atoms with Crippen LogP contribution in [-0.2, 0) is 0 Å². The van der Waals surface area contributed by atoms with Crippen molar-refractivity contribution in [2.24, 2.45) is 0 Å². The van der Waals surface area contributed by atoms with Crippen LogP contribution in [0.1, 0.15) is 0 Å². The normalized spacial score (nSPS) is 9.67. The van der Waals surface area contributed by atoms with Crippen molar-refractivity contribution in [1.29, 1.82) is 0 Å². The summed E-state index contributed by atoms with van der Waals surface area (Å²) in [7, 11) is 5.08. The Morgan fingerprint density at radius 1 is 1.11 bits per heavy atom. The van der Waals surface area contributed by atoms with Crippen molar-refractivity contribution < 1.29 is 18.1 Å². The summed E-state index contributed by atoms with van der Waals surface area (Å²) in [6, 6.07) is 0. The third-order valence-corrected chi connectivity index (χ3v) is 0. The highest BCUT2D eigenvalue weighted by molar-refractivity contribution is 6.30. The van der Waals surface area contributed by atoms with Gasteiger partial charge in [0, 0.05) is 0 Å². The van der Waals surface area contributed by atoms with E-state index in [0.717, 1.165) is 4.48 Å². The predicted octanol–water partition coefficient (Wildman–Crippen LogP) is -0.407. The van der Waals surface area contributed by atoms with Crippen molar-refractivity contribution in [3.63, 3.8) is 0 Å². The first kappa shape index (κ1) is 11.6. The maximum absolute atomic E-state index is 9.78. The number of hydrogen-bond acceptors (Lipinski definition) is 1. The van der Waals surface area contributed by atoms with Crippen molar-refractivity contribution in [1.82, 2.24) is 0 Å². The van der Waals surface area contributed by atoms with Crippen LogP contribution in [-0.4, -0.2) is 40.1 Å². The van der Waals surface area contributed by atoms with Gasteiger partial charge in [-0.3, -0.25) is 0 Å². The lowest BCUT2D eigenvalue weighted by molar-refractivity contribution is -0.849. The number of nitrogens with zero attached hydrogens (tertiary/aromatic N) is 1. The highest BCUT2D eigenvalue weighted by Crippen LogP contribution is 1.73. The number of halogens is 2. The summed E-state index contributed by atoms with van der Waals surface area (Å²) in [6.07, 6.45) is 0. The molecule has 0 aliphatic heterocycles. The summed E-state index contributed by atoms with van der Waals surface area (Å²) in [5.41, 5.74) is 0. The molecule has 0 spiro atoms. The number of hydrogen-bond donors (Lipinski definition) is 0. The topological polar surface area (TPSA) is 23.1 Å².